The van der Waals surface area contributed by atoms with Crippen LogP contribution in [0.15, 0.2) is 24.5 Å². The number of rotatable bonds is 4. The molecule has 1 aromatic heterocycles. The Bertz CT molecular complexity index is 381. The van der Waals surface area contributed by atoms with E-state index in [1.54, 1.807) is 25.4 Å². The molecule has 1 heterocycles. The van der Waals surface area contributed by atoms with Crippen LogP contribution in [0.5, 0.6) is 0 Å². The number of amides is 2. The van der Waals surface area contributed by atoms with Crippen molar-refractivity contribution >= 4 is 12.0 Å². The second-order valence-electron chi connectivity index (χ2n) is 3.44. The van der Waals surface area contributed by atoms with E-state index in [1.807, 2.05) is 6.07 Å². The fourth-order valence-electron chi connectivity index (χ4n) is 1.15. The minimum Gasteiger partial charge on any atom is -0.453 e. The van der Waals surface area contributed by atoms with Gasteiger partial charge in [-0.15, -0.1) is 0 Å². The fraction of sp³-hybridized carbons (Fsp3) is 0.364. The van der Waals surface area contributed by atoms with Crippen molar-refractivity contribution in [3.8, 4) is 0 Å². The predicted molar refractivity (Wildman–Crippen MR) is 61.1 cm³/mol. The second kappa shape index (κ2) is 6.47. The van der Waals surface area contributed by atoms with Gasteiger partial charge in [0, 0.05) is 18.9 Å². The molecular weight excluding hydrogens is 222 g/mol. The molecule has 0 fully saturated rings. The maximum atomic E-state index is 11.6. The number of hydrogen-bond donors (Lipinski definition) is 2. The Balaban J connectivity index is 2.37. The van der Waals surface area contributed by atoms with E-state index in [4.69, 9.17) is 0 Å². The van der Waals surface area contributed by atoms with Gasteiger partial charge < -0.3 is 15.4 Å². The summed E-state index contributed by atoms with van der Waals surface area (Å²) in [7, 11) is 1.25. The molecule has 1 aromatic rings. The molecule has 92 valence electrons. The smallest absolute Gasteiger partial charge is 0.407 e. The number of methoxy groups -OCH3 is 1. The first kappa shape index (κ1) is 13.0. The number of carbonyl (C=O) groups is 2. The van der Waals surface area contributed by atoms with Crippen LogP contribution in [-0.4, -0.2) is 30.1 Å². The van der Waals surface area contributed by atoms with Gasteiger partial charge in [-0.05, 0) is 18.6 Å². The highest BCUT2D eigenvalue weighted by Gasteiger charge is 2.14. The lowest BCUT2D eigenvalue weighted by molar-refractivity contribution is -0.122. The predicted octanol–water partition coefficient (Wildman–Crippen LogP) is 0.442. The Hall–Kier alpha value is -2.11. The summed E-state index contributed by atoms with van der Waals surface area (Å²) in [5.74, 6) is -0.278. The van der Waals surface area contributed by atoms with E-state index in [0.717, 1.165) is 5.56 Å². The van der Waals surface area contributed by atoms with Gasteiger partial charge in [-0.3, -0.25) is 9.78 Å². The van der Waals surface area contributed by atoms with Crippen molar-refractivity contribution < 1.29 is 14.3 Å². The third-order valence-corrected chi connectivity index (χ3v) is 2.10. The molecular formula is C11H15N3O3. The fourth-order valence-corrected chi connectivity index (χ4v) is 1.15. The molecule has 0 radical (unpaired) electrons. The zero-order chi connectivity index (χ0) is 12.7. The van der Waals surface area contributed by atoms with E-state index in [1.165, 1.54) is 7.11 Å². The van der Waals surface area contributed by atoms with Crippen LogP contribution in [0, 0.1) is 0 Å². The van der Waals surface area contributed by atoms with Crippen molar-refractivity contribution in [1.82, 2.24) is 15.6 Å². The summed E-state index contributed by atoms with van der Waals surface area (Å²) in [5, 5.41) is 5.06. The summed E-state index contributed by atoms with van der Waals surface area (Å²) < 4.78 is 4.39. The number of hydrogen-bond acceptors (Lipinski definition) is 4. The lowest BCUT2D eigenvalue weighted by Gasteiger charge is -2.12. The highest BCUT2D eigenvalue weighted by Crippen LogP contribution is 1.95. The molecule has 0 unspecified atom stereocenters. The molecule has 0 spiro atoms. The molecule has 2 N–H and O–H groups in total. The Morgan fingerprint density at radius 3 is 2.88 bits per heavy atom. The minimum atomic E-state index is -0.640. The Morgan fingerprint density at radius 1 is 1.53 bits per heavy atom. The Morgan fingerprint density at radius 2 is 2.29 bits per heavy atom. The van der Waals surface area contributed by atoms with Gasteiger partial charge in [0.25, 0.3) is 0 Å². The highest BCUT2D eigenvalue weighted by atomic mass is 16.5. The number of carbonyl (C=O) groups excluding carboxylic acids is 2. The standard InChI is InChI=1S/C11H15N3O3/c1-8(14-11(16)17-2)10(15)13-7-9-4-3-5-12-6-9/h3-6,8H,7H2,1-2H3,(H,13,15)(H,14,16)/t8-/m0/s1. The van der Waals surface area contributed by atoms with Gasteiger partial charge in [-0.1, -0.05) is 6.07 Å². The van der Waals surface area contributed by atoms with Crippen LogP contribution >= 0.6 is 0 Å². The van der Waals surface area contributed by atoms with Crippen LogP contribution in [-0.2, 0) is 16.1 Å². The lowest BCUT2D eigenvalue weighted by Crippen LogP contribution is -2.44. The first-order valence-electron chi connectivity index (χ1n) is 5.14. The van der Waals surface area contributed by atoms with Crippen LogP contribution in [0.4, 0.5) is 4.79 Å². The molecule has 1 atom stereocenters. The average Bonchev–Trinajstić information content (AvgIpc) is 2.36. The molecule has 6 nitrogen and oxygen atoms in total. The summed E-state index contributed by atoms with van der Waals surface area (Å²) in [6.45, 7) is 1.95. The zero-order valence-corrected chi connectivity index (χ0v) is 9.77. The van der Waals surface area contributed by atoms with Crippen molar-refractivity contribution in [1.29, 1.82) is 0 Å². The SMILES string of the molecule is COC(=O)N[C@@H](C)C(=O)NCc1cccnc1. The van der Waals surface area contributed by atoms with Crippen molar-refractivity contribution in [3.63, 3.8) is 0 Å². The summed E-state index contributed by atoms with van der Waals surface area (Å²) in [6, 6.07) is 3.00. The summed E-state index contributed by atoms with van der Waals surface area (Å²) in [6.07, 6.45) is 2.69. The maximum absolute atomic E-state index is 11.6. The van der Waals surface area contributed by atoms with Crippen LogP contribution in [0.3, 0.4) is 0 Å². The van der Waals surface area contributed by atoms with E-state index in [9.17, 15) is 9.59 Å². The third kappa shape index (κ3) is 4.50. The Kier molecular flexibility index (Phi) is 4.93. The molecule has 0 bridgehead atoms. The van der Waals surface area contributed by atoms with Crippen LogP contribution < -0.4 is 10.6 Å². The third-order valence-electron chi connectivity index (χ3n) is 2.10. The highest BCUT2D eigenvalue weighted by molar-refractivity contribution is 5.85. The van der Waals surface area contributed by atoms with Gasteiger partial charge >= 0.3 is 6.09 Å². The second-order valence-corrected chi connectivity index (χ2v) is 3.44. The monoisotopic (exact) mass is 237 g/mol. The molecule has 1 rings (SSSR count). The quantitative estimate of drug-likeness (QED) is 0.796. The number of aromatic nitrogens is 1. The summed E-state index contributed by atoms with van der Waals surface area (Å²) >= 11 is 0. The van der Waals surface area contributed by atoms with Crippen LogP contribution in [0.1, 0.15) is 12.5 Å². The number of ether oxygens (including phenoxy) is 1. The van der Waals surface area contributed by atoms with Crippen molar-refractivity contribution in [2.75, 3.05) is 7.11 Å². The largest absolute Gasteiger partial charge is 0.453 e. The van der Waals surface area contributed by atoms with Gasteiger partial charge in [0.05, 0.1) is 7.11 Å². The Labute approximate surface area is 99.4 Å². The van der Waals surface area contributed by atoms with Crippen LogP contribution in [0.25, 0.3) is 0 Å². The van der Waals surface area contributed by atoms with E-state index in [-0.39, 0.29) is 5.91 Å². The lowest BCUT2D eigenvalue weighted by atomic mass is 10.2. The summed E-state index contributed by atoms with van der Waals surface area (Å²) in [5.41, 5.74) is 0.895. The van der Waals surface area contributed by atoms with Crippen molar-refractivity contribution in [2.24, 2.45) is 0 Å². The number of nitrogens with zero attached hydrogens (tertiary/aromatic N) is 1. The van der Waals surface area contributed by atoms with Crippen LogP contribution in [0.2, 0.25) is 0 Å². The summed E-state index contributed by atoms with van der Waals surface area (Å²) in [4.78, 5) is 26.4. The zero-order valence-electron chi connectivity index (χ0n) is 9.77. The van der Waals surface area contributed by atoms with Gasteiger partial charge in [-0.25, -0.2) is 4.79 Å². The normalized spacial score (nSPS) is 11.4. The first-order valence-corrected chi connectivity index (χ1v) is 5.14. The molecule has 6 heteroatoms. The van der Waals surface area contributed by atoms with E-state index in [2.05, 4.69) is 20.4 Å². The van der Waals surface area contributed by atoms with Gasteiger partial charge in [0.2, 0.25) is 5.91 Å². The molecule has 17 heavy (non-hydrogen) atoms. The molecule has 0 saturated carbocycles. The van der Waals surface area contributed by atoms with Gasteiger partial charge in [0.15, 0.2) is 0 Å². The minimum absolute atomic E-state index is 0.278. The molecule has 0 saturated heterocycles. The maximum Gasteiger partial charge on any atom is 0.407 e. The van der Waals surface area contributed by atoms with E-state index < -0.39 is 12.1 Å². The number of nitrogens with one attached hydrogen (secondary N) is 2. The molecule has 0 aliphatic rings. The average molecular weight is 237 g/mol. The van der Waals surface area contributed by atoms with E-state index in [0.29, 0.717) is 6.54 Å². The van der Waals surface area contributed by atoms with Crippen molar-refractivity contribution in [2.45, 2.75) is 19.5 Å². The first-order chi connectivity index (χ1) is 8.13. The number of pyridine rings is 1. The molecule has 2 amide bonds. The van der Waals surface area contributed by atoms with E-state index >= 15 is 0 Å². The molecule has 0 aliphatic carbocycles. The van der Waals surface area contributed by atoms with Crippen molar-refractivity contribution in [3.05, 3.63) is 30.1 Å². The topological polar surface area (TPSA) is 80.3 Å². The molecule has 0 aliphatic heterocycles. The molecule has 0 aromatic carbocycles. The van der Waals surface area contributed by atoms with Gasteiger partial charge in [-0.2, -0.15) is 0 Å². The van der Waals surface area contributed by atoms with Gasteiger partial charge in [0.1, 0.15) is 6.04 Å². The number of alkyl carbamates (subject to hydrolysis) is 1.